The lowest BCUT2D eigenvalue weighted by atomic mass is 9.88. The van der Waals surface area contributed by atoms with Crippen molar-refractivity contribution in [2.24, 2.45) is 11.8 Å². The van der Waals surface area contributed by atoms with Gasteiger partial charge in [-0.1, -0.05) is 32.1 Å². The molecule has 0 spiro atoms. The maximum atomic E-state index is 12.1. The van der Waals surface area contributed by atoms with Crippen molar-refractivity contribution in [1.29, 1.82) is 0 Å². The van der Waals surface area contributed by atoms with E-state index in [1.807, 2.05) is 12.5 Å². The van der Waals surface area contributed by atoms with Gasteiger partial charge in [-0.2, -0.15) is 20.3 Å². The van der Waals surface area contributed by atoms with Crippen LogP contribution in [-0.4, -0.2) is 56.0 Å². The molecule has 3 rings (SSSR count). The van der Waals surface area contributed by atoms with Gasteiger partial charge in [0.15, 0.2) is 0 Å². The van der Waals surface area contributed by atoms with Crippen molar-refractivity contribution in [3.63, 3.8) is 0 Å². The van der Waals surface area contributed by atoms with Gasteiger partial charge in [-0.05, 0) is 17.4 Å². The number of carbonyl (C=O) groups is 1. The molecule has 2 atom stereocenters. The molecule has 0 bridgehead atoms. The van der Waals surface area contributed by atoms with Gasteiger partial charge in [0.25, 0.3) is 0 Å². The molecular formula is C17H24AlIN4O. The van der Waals surface area contributed by atoms with Crippen LogP contribution >= 0.6 is 20.3 Å². The molecule has 2 unspecified atom stereocenters. The summed E-state index contributed by atoms with van der Waals surface area (Å²) < 4.78 is 4.26. The number of carbonyl (C=O) groups excluding carboxylic acids is 1. The monoisotopic (exact) mass is 454 g/mol. The van der Waals surface area contributed by atoms with E-state index in [-0.39, 0.29) is 5.91 Å². The first kappa shape index (κ1) is 18.2. The van der Waals surface area contributed by atoms with Gasteiger partial charge in [-0.25, -0.2) is 4.98 Å². The maximum Gasteiger partial charge on any atom is 0.481 e. The van der Waals surface area contributed by atoms with E-state index in [0.717, 1.165) is 26.2 Å². The number of hydrogen-bond acceptors (Lipinski definition) is 3. The normalized spacial score (nSPS) is 25.0. The Bertz CT molecular complexity index is 657. The highest BCUT2D eigenvalue weighted by Gasteiger charge is 2.24. The highest BCUT2D eigenvalue weighted by Crippen LogP contribution is 2.23. The molecule has 2 heterocycles. The number of imidazole rings is 1. The smallest absolute Gasteiger partial charge is 0.425 e. The zero-order chi connectivity index (χ0) is 17.1. The predicted molar refractivity (Wildman–Crippen MR) is 106 cm³/mol. The molecule has 128 valence electrons. The van der Waals surface area contributed by atoms with E-state index < -0.39 is 12.2 Å². The van der Waals surface area contributed by atoms with Gasteiger partial charge in [-0.15, -0.1) is 0 Å². The lowest BCUT2D eigenvalue weighted by Crippen LogP contribution is -2.50. The van der Waals surface area contributed by atoms with Crippen LogP contribution in [-0.2, 0) is 17.9 Å². The second-order valence-electron chi connectivity index (χ2n) is 6.82. The Labute approximate surface area is 161 Å². The SMILES string of the molecule is CC1C=CC(Cn2cncc2CN2CC[N]([AlH][I])C(=O)C2)=CC1C. The average Bonchev–Trinajstić information content (AvgIpc) is 2.98. The summed E-state index contributed by atoms with van der Waals surface area (Å²) in [5.41, 5.74) is 2.53. The van der Waals surface area contributed by atoms with Crippen molar-refractivity contribution in [2.75, 3.05) is 19.6 Å². The van der Waals surface area contributed by atoms with Gasteiger partial charge in [0, 0.05) is 32.4 Å². The second kappa shape index (κ2) is 8.17. The molecule has 0 radical (unpaired) electrons. The van der Waals surface area contributed by atoms with Crippen LogP contribution in [0.25, 0.3) is 0 Å². The molecule has 1 saturated heterocycles. The van der Waals surface area contributed by atoms with Crippen LogP contribution in [0.2, 0.25) is 0 Å². The predicted octanol–water partition coefficient (Wildman–Crippen LogP) is 2.00. The lowest BCUT2D eigenvalue weighted by Gasteiger charge is -2.34. The van der Waals surface area contributed by atoms with Gasteiger partial charge in [-0.3, -0.25) is 9.69 Å². The zero-order valence-corrected chi connectivity index (χ0v) is 17.9. The minimum Gasteiger partial charge on any atom is -0.425 e. The molecule has 1 amide bonds. The standard InChI is InChI=1S/C17H24N4O.Al.HI.H/c1-13-3-4-15(7-14(13)2)9-21-12-18-8-16(21)10-20-6-5-19-17(22)11-20;;;/h3-4,7-8,12-14H,5-6,9-11H2,1-2H3,(H,19,22);;1H;/q;+2;;/p-2. The minimum absolute atomic E-state index is 0.286. The third kappa shape index (κ3) is 4.31. The highest BCUT2D eigenvalue weighted by atomic mass is 127. The Balaban J connectivity index is 1.63. The summed E-state index contributed by atoms with van der Waals surface area (Å²) in [6, 6.07) is 0. The van der Waals surface area contributed by atoms with Crippen molar-refractivity contribution < 1.29 is 4.79 Å². The number of rotatable bonds is 5. The Morgan fingerprint density at radius 2 is 2.12 bits per heavy atom. The van der Waals surface area contributed by atoms with Crippen LogP contribution < -0.4 is 0 Å². The van der Waals surface area contributed by atoms with Gasteiger partial charge < -0.3 is 8.45 Å². The Morgan fingerprint density at radius 3 is 2.83 bits per heavy atom. The average molecular weight is 454 g/mol. The van der Waals surface area contributed by atoms with Crippen molar-refractivity contribution in [3.05, 3.63) is 42.0 Å². The first-order valence-electron chi connectivity index (χ1n) is 8.51. The van der Waals surface area contributed by atoms with Gasteiger partial charge in [0.2, 0.25) is 5.91 Å². The molecule has 24 heavy (non-hydrogen) atoms. The third-order valence-corrected chi connectivity index (χ3v) is 8.43. The van der Waals surface area contributed by atoms with Crippen molar-refractivity contribution in [3.8, 4) is 0 Å². The summed E-state index contributed by atoms with van der Waals surface area (Å²) >= 11 is 1.99. The largest absolute Gasteiger partial charge is 0.481 e. The van der Waals surface area contributed by atoms with Gasteiger partial charge >= 0.3 is 12.2 Å². The van der Waals surface area contributed by atoms with E-state index in [9.17, 15) is 4.79 Å². The fourth-order valence-corrected chi connectivity index (χ4v) is 5.83. The molecule has 7 heteroatoms. The van der Waals surface area contributed by atoms with E-state index in [2.05, 4.69) is 70.7 Å². The summed E-state index contributed by atoms with van der Waals surface area (Å²) in [6.07, 6.45) is 10.7. The molecule has 1 fully saturated rings. The Morgan fingerprint density at radius 1 is 1.29 bits per heavy atom. The molecule has 5 nitrogen and oxygen atoms in total. The molecule has 0 saturated carbocycles. The molecular weight excluding hydrogens is 430 g/mol. The maximum absolute atomic E-state index is 12.1. The molecule has 0 aromatic carbocycles. The number of allylic oxidation sites excluding steroid dienone is 4. The van der Waals surface area contributed by atoms with Gasteiger partial charge in [0.05, 0.1) is 18.6 Å². The summed E-state index contributed by atoms with van der Waals surface area (Å²) in [7, 11) is 0. The molecule has 1 aromatic heterocycles. The fourth-order valence-electron chi connectivity index (χ4n) is 3.17. The van der Waals surface area contributed by atoms with Crippen molar-refractivity contribution >= 4 is 38.3 Å². The van der Waals surface area contributed by atoms with Crippen LogP contribution in [0.3, 0.4) is 0 Å². The number of aromatic nitrogens is 2. The van der Waals surface area contributed by atoms with E-state index in [0.29, 0.717) is 18.4 Å². The number of hydrogen-bond donors (Lipinski definition) is 0. The Kier molecular flexibility index (Phi) is 6.19. The van der Waals surface area contributed by atoms with E-state index >= 15 is 0 Å². The highest BCUT2D eigenvalue weighted by molar-refractivity contribution is 14.1. The van der Waals surface area contributed by atoms with Crippen LogP contribution in [0.1, 0.15) is 19.5 Å². The fraction of sp³-hybridized carbons (Fsp3) is 0.529. The molecule has 1 aliphatic carbocycles. The van der Waals surface area contributed by atoms with Crippen LogP contribution in [0.5, 0.6) is 0 Å². The second-order valence-corrected chi connectivity index (χ2v) is 9.87. The minimum atomic E-state index is -0.403. The van der Waals surface area contributed by atoms with Crippen LogP contribution in [0.15, 0.2) is 36.3 Å². The summed E-state index contributed by atoms with van der Waals surface area (Å²) in [4.78, 5) is 18.7. The number of amides is 1. The van der Waals surface area contributed by atoms with Crippen molar-refractivity contribution in [1.82, 2.24) is 18.3 Å². The quantitative estimate of drug-likeness (QED) is 0.505. The molecule has 2 aliphatic rings. The first-order valence-corrected chi connectivity index (χ1v) is 14.2. The lowest BCUT2D eigenvalue weighted by molar-refractivity contribution is -0.130. The Hall–Kier alpha value is -0.618. The first-order chi connectivity index (χ1) is 11.6. The van der Waals surface area contributed by atoms with E-state index in [1.165, 1.54) is 11.3 Å². The molecule has 0 N–H and O–H groups in total. The molecule has 1 aliphatic heterocycles. The van der Waals surface area contributed by atoms with Crippen LogP contribution in [0, 0.1) is 11.8 Å². The summed E-state index contributed by atoms with van der Waals surface area (Å²) in [6.45, 7) is 8.56. The van der Waals surface area contributed by atoms with E-state index in [1.54, 1.807) is 0 Å². The summed E-state index contributed by atoms with van der Waals surface area (Å²) in [5.74, 6) is 1.48. The molecule has 1 aromatic rings. The number of halogens is 1. The summed E-state index contributed by atoms with van der Waals surface area (Å²) in [5, 5.41) is 0. The van der Waals surface area contributed by atoms with Gasteiger partial charge in [0.1, 0.15) is 0 Å². The van der Waals surface area contributed by atoms with Crippen LogP contribution in [0.4, 0.5) is 0 Å². The zero-order valence-electron chi connectivity index (χ0n) is 14.4. The van der Waals surface area contributed by atoms with Crippen molar-refractivity contribution in [2.45, 2.75) is 26.9 Å². The number of nitrogens with zero attached hydrogens (tertiary/aromatic N) is 4. The van der Waals surface area contributed by atoms with E-state index in [4.69, 9.17) is 0 Å². The number of piperazine rings is 1. The third-order valence-electron chi connectivity index (χ3n) is 5.00. The topological polar surface area (TPSA) is 41.4 Å².